The van der Waals surface area contributed by atoms with Gasteiger partial charge < -0.3 is 4.42 Å². The summed E-state index contributed by atoms with van der Waals surface area (Å²) >= 11 is 5.55. The van der Waals surface area contributed by atoms with Crippen LogP contribution in [0.3, 0.4) is 0 Å². The maximum Gasteiger partial charge on any atom is 0.305 e. The standard InChI is InChI=1S/C15H16ClN3O5S/c1-10-3-5-11(6-4-10)25(22,23)19(2)9-14(20)17-18-15(21)12-7-8-13(16)24-12/h3-8H,9H2,1-2H3,(H,17,20)(H,18,21). The van der Waals surface area contributed by atoms with Crippen LogP contribution >= 0.6 is 11.6 Å². The van der Waals surface area contributed by atoms with Crippen molar-refractivity contribution < 1.29 is 22.4 Å². The number of rotatable bonds is 5. The van der Waals surface area contributed by atoms with Gasteiger partial charge in [0.15, 0.2) is 11.0 Å². The molecular formula is C15H16ClN3O5S. The van der Waals surface area contributed by atoms with Crippen LogP contribution in [-0.4, -0.2) is 38.1 Å². The second kappa shape index (κ2) is 7.68. The maximum absolute atomic E-state index is 12.4. The highest BCUT2D eigenvalue weighted by atomic mass is 35.5. The molecule has 0 aliphatic heterocycles. The smallest absolute Gasteiger partial charge is 0.305 e. The Labute approximate surface area is 149 Å². The summed E-state index contributed by atoms with van der Waals surface area (Å²) in [4.78, 5) is 23.6. The SMILES string of the molecule is Cc1ccc(S(=O)(=O)N(C)CC(=O)NNC(=O)c2ccc(Cl)o2)cc1. The van der Waals surface area contributed by atoms with Gasteiger partial charge in [0.1, 0.15) is 0 Å². The van der Waals surface area contributed by atoms with Crippen LogP contribution in [0.2, 0.25) is 5.22 Å². The normalized spacial score (nSPS) is 11.4. The lowest BCUT2D eigenvalue weighted by molar-refractivity contribution is -0.121. The van der Waals surface area contributed by atoms with Gasteiger partial charge in [0.25, 0.3) is 5.91 Å². The van der Waals surface area contributed by atoms with Gasteiger partial charge in [-0.15, -0.1) is 0 Å². The Morgan fingerprint density at radius 3 is 2.32 bits per heavy atom. The number of halogens is 1. The molecule has 0 saturated heterocycles. The number of likely N-dealkylation sites (N-methyl/N-ethyl adjacent to an activating group) is 1. The van der Waals surface area contributed by atoms with Crippen molar-refractivity contribution in [2.45, 2.75) is 11.8 Å². The van der Waals surface area contributed by atoms with E-state index in [2.05, 4.69) is 10.9 Å². The Morgan fingerprint density at radius 2 is 1.76 bits per heavy atom. The van der Waals surface area contributed by atoms with Crippen LogP contribution in [0.5, 0.6) is 0 Å². The van der Waals surface area contributed by atoms with Gasteiger partial charge in [-0.05, 0) is 42.8 Å². The number of carbonyl (C=O) groups excluding carboxylic acids is 2. The number of hydrazine groups is 1. The maximum atomic E-state index is 12.4. The molecule has 0 radical (unpaired) electrons. The van der Waals surface area contributed by atoms with Crippen LogP contribution < -0.4 is 10.9 Å². The summed E-state index contributed by atoms with van der Waals surface area (Å²) in [6.45, 7) is 1.36. The topological polar surface area (TPSA) is 109 Å². The molecule has 0 atom stereocenters. The van der Waals surface area contributed by atoms with Gasteiger partial charge in [-0.25, -0.2) is 8.42 Å². The zero-order valence-electron chi connectivity index (χ0n) is 13.4. The molecule has 0 saturated carbocycles. The number of hydrogen-bond acceptors (Lipinski definition) is 5. The average Bonchev–Trinajstić information content (AvgIpc) is 2.99. The molecule has 2 N–H and O–H groups in total. The van der Waals surface area contributed by atoms with Crippen molar-refractivity contribution in [3.05, 3.63) is 52.9 Å². The second-order valence-corrected chi connectivity index (χ2v) is 7.60. The third-order valence-corrected chi connectivity index (χ3v) is 5.23. The zero-order valence-corrected chi connectivity index (χ0v) is 15.0. The molecule has 2 rings (SSSR count). The van der Waals surface area contributed by atoms with Gasteiger partial charge in [0, 0.05) is 7.05 Å². The number of sulfonamides is 1. The fourth-order valence-electron chi connectivity index (χ4n) is 1.84. The molecule has 0 unspecified atom stereocenters. The predicted molar refractivity (Wildman–Crippen MR) is 90.3 cm³/mol. The fourth-order valence-corrected chi connectivity index (χ4v) is 3.11. The van der Waals surface area contributed by atoms with Gasteiger partial charge >= 0.3 is 5.91 Å². The monoisotopic (exact) mass is 385 g/mol. The third-order valence-electron chi connectivity index (χ3n) is 3.21. The van der Waals surface area contributed by atoms with Crippen LogP contribution in [-0.2, 0) is 14.8 Å². The Kier molecular flexibility index (Phi) is 5.83. The lowest BCUT2D eigenvalue weighted by Gasteiger charge is -2.17. The first-order valence-corrected chi connectivity index (χ1v) is 8.89. The van der Waals surface area contributed by atoms with Crippen molar-refractivity contribution >= 4 is 33.4 Å². The van der Waals surface area contributed by atoms with Crippen LogP contribution in [0.15, 0.2) is 45.7 Å². The minimum atomic E-state index is -3.81. The zero-order chi connectivity index (χ0) is 18.6. The molecule has 2 aromatic rings. The van der Waals surface area contributed by atoms with Gasteiger partial charge in [0.2, 0.25) is 10.0 Å². The van der Waals surface area contributed by atoms with Gasteiger partial charge in [-0.3, -0.25) is 20.4 Å². The number of aryl methyl sites for hydroxylation is 1. The first-order valence-electron chi connectivity index (χ1n) is 7.07. The minimum absolute atomic E-state index is 0.0281. The largest absolute Gasteiger partial charge is 0.439 e. The summed E-state index contributed by atoms with van der Waals surface area (Å²) in [5, 5.41) is 0.0281. The molecule has 1 aromatic carbocycles. The Hall–Kier alpha value is -2.36. The van der Waals surface area contributed by atoms with Gasteiger partial charge in [0.05, 0.1) is 11.4 Å². The van der Waals surface area contributed by atoms with E-state index in [4.69, 9.17) is 16.0 Å². The van der Waals surface area contributed by atoms with E-state index in [1.165, 1.54) is 31.3 Å². The Bertz CT molecular complexity index is 877. The van der Waals surface area contributed by atoms with E-state index in [1.807, 2.05) is 6.92 Å². The Balaban J connectivity index is 1.93. The van der Waals surface area contributed by atoms with Crippen LogP contribution in [0.25, 0.3) is 0 Å². The first-order chi connectivity index (χ1) is 11.7. The van der Waals surface area contributed by atoms with Gasteiger partial charge in [-0.2, -0.15) is 4.31 Å². The molecule has 2 amide bonds. The van der Waals surface area contributed by atoms with Crippen molar-refractivity contribution in [3.8, 4) is 0 Å². The number of hydrogen-bond donors (Lipinski definition) is 2. The molecule has 25 heavy (non-hydrogen) atoms. The minimum Gasteiger partial charge on any atom is -0.439 e. The van der Waals surface area contributed by atoms with Crippen molar-refractivity contribution in [3.63, 3.8) is 0 Å². The van der Waals surface area contributed by atoms with E-state index in [9.17, 15) is 18.0 Å². The molecule has 0 aliphatic carbocycles. The number of furan rings is 1. The van der Waals surface area contributed by atoms with E-state index in [1.54, 1.807) is 12.1 Å². The first kappa shape index (κ1) is 19.0. The summed E-state index contributed by atoms with van der Waals surface area (Å²) in [5.74, 6) is -1.53. The molecule has 1 heterocycles. The van der Waals surface area contributed by atoms with E-state index >= 15 is 0 Å². The lowest BCUT2D eigenvalue weighted by Crippen LogP contribution is -2.46. The molecular weight excluding hydrogens is 370 g/mol. The van der Waals surface area contributed by atoms with E-state index < -0.39 is 28.4 Å². The van der Waals surface area contributed by atoms with Gasteiger partial charge in [-0.1, -0.05) is 17.7 Å². The second-order valence-electron chi connectivity index (χ2n) is 5.18. The molecule has 0 aliphatic rings. The van der Waals surface area contributed by atoms with E-state index in [0.29, 0.717) is 0 Å². The highest BCUT2D eigenvalue weighted by molar-refractivity contribution is 7.89. The predicted octanol–water partition coefficient (Wildman–Crippen LogP) is 1.32. The highest BCUT2D eigenvalue weighted by Gasteiger charge is 2.23. The number of amides is 2. The lowest BCUT2D eigenvalue weighted by atomic mass is 10.2. The highest BCUT2D eigenvalue weighted by Crippen LogP contribution is 2.15. The molecule has 10 heteroatoms. The number of nitrogens with zero attached hydrogens (tertiary/aromatic N) is 1. The van der Waals surface area contributed by atoms with Crippen LogP contribution in [0.1, 0.15) is 16.1 Å². The summed E-state index contributed by atoms with van der Waals surface area (Å²) in [6.07, 6.45) is 0. The molecule has 1 aromatic heterocycles. The molecule has 0 fully saturated rings. The summed E-state index contributed by atoms with van der Waals surface area (Å²) < 4.78 is 30.5. The van der Waals surface area contributed by atoms with Crippen LogP contribution in [0, 0.1) is 6.92 Å². The third kappa shape index (κ3) is 4.81. The molecule has 0 bridgehead atoms. The van der Waals surface area contributed by atoms with E-state index in [0.717, 1.165) is 9.87 Å². The summed E-state index contributed by atoms with van der Waals surface area (Å²) in [5.41, 5.74) is 5.13. The van der Waals surface area contributed by atoms with E-state index in [-0.39, 0.29) is 15.9 Å². The summed E-state index contributed by atoms with van der Waals surface area (Å²) in [6, 6.07) is 8.95. The van der Waals surface area contributed by atoms with Crippen molar-refractivity contribution in [2.24, 2.45) is 0 Å². The number of carbonyl (C=O) groups is 2. The molecule has 134 valence electrons. The molecule has 0 spiro atoms. The average molecular weight is 386 g/mol. The Morgan fingerprint density at radius 1 is 1.12 bits per heavy atom. The van der Waals surface area contributed by atoms with Crippen LogP contribution in [0.4, 0.5) is 0 Å². The van der Waals surface area contributed by atoms with Crippen molar-refractivity contribution in [2.75, 3.05) is 13.6 Å². The fraction of sp³-hybridized carbons (Fsp3) is 0.200. The summed E-state index contributed by atoms with van der Waals surface area (Å²) in [7, 11) is -2.55. The quantitative estimate of drug-likeness (QED) is 0.754. The van der Waals surface area contributed by atoms with Crippen molar-refractivity contribution in [1.29, 1.82) is 0 Å². The molecule has 8 nitrogen and oxygen atoms in total. The number of nitrogens with one attached hydrogen (secondary N) is 2. The number of benzene rings is 1. The van der Waals surface area contributed by atoms with Crippen molar-refractivity contribution in [1.82, 2.24) is 15.2 Å².